The van der Waals surface area contributed by atoms with Crippen LogP contribution in [0.4, 0.5) is 0 Å². The van der Waals surface area contributed by atoms with Crippen molar-refractivity contribution in [1.29, 1.82) is 0 Å². The second kappa shape index (κ2) is 9.72. The van der Waals surface area contributed by atoms with Crippen LogP contribution in [0.2, 0.25) is 0 Å². The van der Waals surface area contributed by atoms with Crippen LogP contribution in [-0.4, -0.2) is 31.4 Å². The van der Waals surface area contributed by atoms with Crippen LogP contribution in [-0.2, 0) is 21.4 Å². The van der Waals surface area contributed by atoms with Crippen molar-refractivity contribution in [2.45, 2.75) is 32.2 Å². The number of carbonyl (C=O) groups excluding carboxylic acids is 1. The SMILES string of the molecule is Cc1cc(C)c(S(=O)(=O)N(CC(=O)N/N=C\c2ccco2)Cc2ccccc2)c(C)c1. The fourth-order valence-electron chi connectivity index (χ4n) is 3.44. The molecular formula is C23H25N3O4S. The highest BCUT2D eigenvalue weighted by atomic mass is 32.2. The van der Waals surface area contributed by atoms with Gasteiger partial charge >= 0.3 is 0 Å². The molecule has 0 saturated carbocycles. The fourth-order valence-corrected chi connectivity index (χ4v) is 5.24. The molecule has 0 bridgehead atoms. The molecule has 1 aromatic heterocycles. The number of hydrogen-bond acceptors (Lipinski definition) is 5. The van der Waals surface area contributed by atoms with Gasteiger partial charge in [-0.2, -0.15) is 9.41 Å². The van der Waals surface area contributed by atoms with Crippen molar-refractivity contribution in [1.82, 2.24) is 9.73 Å². The summed E-state index contributed by atoms with van der Waals surface area (Å²) >= 11 is 0. The number of aryl methyl sites for hydroxylation is 3. The molecule has 0 fully saturated rings. The average Bonchev–Trinajstić information content (AvgIpc) is 3.21. The van der Waals surface area contributed by atoms with Crippen molar-refractivity contribution >= 4 is 22.1 Å². The van der Waals surface area contributed by atoms with Gasteiger partial charge in [-0.1, -0.05) is 48.0 Å². The van der Waals surface area contributed by atoms with Gasteiger partial charge in [0, 0.05) is 6.54 Å². The molecule has 0 saturated heterocycles. The topological polar surface area (TPSA) is 92.0 Å². The summed E-state index contributed by atoms with van der Waals surface area (Å²) in [6.07, 6.45) is 2.84. The Hall–Kier alpha value is -3.23. The summed E-state index contributed by atoms with van der Waals surface area (Å²) in [4.78, 5) is 12.7. The minimum atomic E-state index is -3.94. The molecule has 31 heavy (non-hydrogen) atoms. The fraction of sp³-hybridized carbons (Fsp3) is 0.217. The molecule has 0 atom stereocenters. The van der Waals surface area contributed by atoms with Crippen molar-refractivity contribution in [2.24, 2.45) is 5.10 Å². The lowest BCUT2D eigenvalue weighted by Crippen LogP contribution is -2.39. The quantitative estimate of drug-likeness (QED) is 0.429. The Labute approximate surface area is 182 Å². The summed E-state index contributed by atoms with van der Waals surface area (Å²) in [7, 11) is -3.94. The van der Waals surface area contributed by atoms with Gasteiger partial charge in [0.05, 0.1) is 23.9 Å². The lowest BCUT2D eigenvalue weighted by atomic mass is 10.1. The molecule has 3 aromatic rings. The van der Waals surface area contributed by atoms with E-state index in [9.17, 15) is 13.2 Å². The largest absolute Gasteiger partial charge is 0.463 e. The normalized spacial score (nSPS) is 11.9. The molecule has 0 aliphatic heterocycles. The lowest BCUT2D eigenvalue weighted by molar-refractivity contribution is -0.121. The van der Waals surface area contributed by atoms with E-state index >= 15 is 0 Å². The van der Waals surface area contributed by atoms with E-state index in [0.29, 0.717) is 16.9 Å². The van der Waals surface area contributed by atoms with Crippen molar-refractivity contribution in [3.05, 3.63) is 88.9 Å². The van der Waals surface area contributed by atoms with Gasteiger partial charge in [-0.3, -0.25) is 4.79 Å². The van der Waals surface area contributed by atoms with E-state index in [-0.39, 0.29) is 18.0 Å². The Balaban J connectivity index is 1.88. The van der Waals surface area contributed by atoms with E-state index < -0.39 is 15.9 Å². The van der Waals surface area contributed by atoms with E-state index in [2.05, 4.69) is 10.5 Å². The predicted octanol–water partition coefficient (Wildman–Crippen LogP) is 3.55. The number of nitrogens with one attached hydrogen (secondary N) is 1. The minimum Gasteiger partial charge on any atom is -0.463 e. The highest BCUT2D eigenvalue weighted by Gasteiger charge is 2.29. The summed E-state index contributed by atoms with van der Waals surface area (Å²) in [5.41, 5.74) is 5.41. The van der Waals surface area contributed by atoms with Crippen LogP contribution in [0, 0.1) is 20.8 Å². The summed E-state index contributed by atoms with van der Waals surface area (Å²) < 4.78 is 33.4. The Kier molecular flexibility index (Phi) is 7.04. The molecule has 8 heteroatoms. The maximum Gasteiger partial charge on any atom is 0.255 e. The molecule has 1 amide bonds. The molecular weight excluding hydrogens is 414 g/mol. The number of hydrazone groups is 1. The zero-order valence-electron chi connectivity index (χ0n) is 17.7. The Bertz CT molecular complexity index is 1150. The molecule has 0 unspecified atom stereocenters. The summed E-state index contributed by atoms with van der Waals surface area (Å²) in [5, 5.41) is 3.84. The van der Waals surface area contributed by atoms with Crippen molar-refractivity contribution < 1.29 is 17.6 Å². The second-order valence-corrected chi connectivity index (χ2v) is 9.17. The molecule has 3 rings (SSSR count). The van der Waals surface area contributed by atoms with Gasteiger partial charge < -0.3 is 4.42 Å². The number of carbonyl (C=O) groups is 1. The monoisotopic (exact) mass is 439 g/mol. The van der Waals surface area contributed by atoms with E-state index in [1.807, 2.05) is 49.4 Å². The highest BCUT2D eigenvalue weighted by Crippen LogP contribution is 2.26. The van der Waals surface area contributed by atoms with Crippen LogP contribution in [0.3, 0.4) is 0 Å². The zero-order chi connectivity index (χ0) is 22.4. The smallest absolute Gasteiger partial charge is 0.255 e. The van der Waals surface area contributed by atoms with Gasteiger partial charge in [0.2, 0.25) is 10.0 Å². The van der Waals surface area contributed by atoms with E-state index in [4.69, 9.17) is 4.42 Å². The Morgan fingerprint density at radius 1 is 1.06 bits per heavy atom. The van der Waals surface area contributed by atoms with Gasteiger partial charge in [0.15, 0.2) is 0 Å². The number of furan rings is 1. The summed E-state index contributed by atoms with van der Waals surface area (Å²) in [5.74, 6) is -0.0790. The molecule has 2 aromatic carbocycles. The molecule has 0 aliphatic rings. The van der Waals surface area contributed by atoms with Gasteiger partial charge in [-0.25, -0.2) is 13.8 Å². The first-order valence-electron chi connectivity index (χ1n) is 9.74. The van der Waals surface area contributed by atoms with Crippen LogP contribution in [0.15, 0.2) is 75.3 Å². The van der Waals surface area contributed by atoms with Gasteiger partial charge in [-0.15, -0.1) is 0 Å². The third kappa shape index (κ3) is 5.68. The van der Waals surface area contributed by atoms with Crippen LogP contribution in [0.1, 0.15) is 28.0 Å². The molecule has 0 spiro atoms. The summed E-state index contributed by atoms with van der Waals surface area (Å²) in [6, 6.07) is 16.2. The Morgan fingerprint density at radius 2 is 1.74 bits per heavy atom. The number of nitrogens with zero attached hydrogens (tertiary/aromatic N) is 2. The molecule has 1 heterocycles. The molecule has 7 nitrogen and oxygen atoms in total. The third-order valence-corrected chi connectivity index (χ3v) is 6.75. The van der Waals surface area contributed by atoms with Crippen molar-refractivity contribution in [3.63, 3.8) is 0 Å². The molecule has 1 N–H and O–H groups in total. The average molecular weight is 440 g/mol. The number of rotatable bonds is 8. The standard InChI is InChI=1S/C23H25N3O4S/c1-17-12-18(2)23(19(3)13-17)31(28,29)26(15-20-8-5-4-6-9-20)16-22(27)25-24-14-21-10-7-11-30-21/h4-14H,15-16H2,1-3H3,(H,25,27)/b24-14-. The predicted molar refractivity (Wildman–Crippen MR) is 119 cm³/mol. The van der Waals surface area contributed by atoms with Crippen LogP contribution >= 0.6 is 0 Å². The van der Waals surface area contributed by atoms with Crippen LogP contribution in [0.25, 0.3) is 0 Å². The Morgan fingerprint density at radius 3 is 2.35 bits per heavy atom. The van der Waals surface area contributed by atoms with Crippen LogP contribution in [0.5, 0.6) is 0 Å². The minimum absolute atomic E-state index is 0.0608. The molecule has 162 valence electrons. The van der Waals surface area contributed by atoms with Gasteiger partial charge in [0.1, 0.15) is 5.76 Å². The highest BCUT2D eigenvalue weighted by molar-refractivity contribution is 7.89. The first kappa shape index (κ1) is 22.5. The second-order valence-electron chi connectivity index (χ2n) is 7.30. The first-order valence-corrected chi connectivity index (χ1v) is 11.2. The van der Waals surface area contributed by atoms with Crippen LogP contribution < -0.4 is 5.43 Å². The number of hydrogen-bond donors (Lipinski definition) is 1. The first-order chi connectivity index (χ1) is 14.8. The van der Waals surface area contributed by atoms with Gasteiger partial charge in [-0.05, 0) is 49.6 Å². The number of sulfonamides is 1. The van der Waals surface area contributed by atoms with Crippen molar-refractivity contribution in [2.75, 3.05) is 6.54 Å². The van der Waals surface area contributed by atoms with Crippen molar-refractivity contribution in [3.8, 4) is 0 Å². The maximum atomic E-state index is 13.6. The molecule has 0 radical (unpaired) electrons. The van der Waals surface area contributed by atoms with E-state index in [1.54, 1.807) is 26.0 Å². The summed E-state index contributed by atoms with van der Waals surface area (Å²) in [6.45, 7) is 5.13. The lowest BCUT2D eigenvalue weighted by Gasteiger charge is -2.24. The number of amides is 1. The molecule has 0 aliphatic carbocycles. The maximum absolute atomic E-state index is 13.6. The zero-order valence-corrected chi connectivity index (χ0v) is 18.5. The number of benzene rings is 2. The van der Waals surface area contributed by atoms with E-state index in [0.717, 1.165) is 11.1 Å². The van der Waals surface area contributed by atoms with Gasteiger partial charge in [0.25, 0.3) is 5.91 Å². The van der Waals surface area contributed by atoms with E-state index in [1.165, 1.54) is 16.8 Å². The third-order valence-electron chi connectivity index (χ3n) is 4.65.